The Hall–Kier alpha value is -2.50. The summed E-state index contributed by atoms with van der Waals surface area (Å²) in [5, 5.41) is 2.56. The van der Waals surface area contributed by atoms with Gasteiger partial charge in [-0.3, -0.25) is 4.79 Å². The van der Waals surface area contributed by atoms with Gasteiger partial charge in [-0.25, -0.2) is 4.79 Å². The highest BCUT2D eigenvalue weighted by Gasteiger charge is 2.19. The van der Waals surface area contributed by atoms with Crippen molar-refractivity contribution >= 4 is 11.9 Å². The third-order valence-corrected chi connectivity index (χ3v) is 2.77. The van der Waals surface area contributed by atoms with Gasteiger partial charge in [-0.1, -0.05) is 6.08 Å². The van der Waals surface area contributed by atoms with Crippen molar-refractivity contribution < 1.29 is 23.8 Å². The first-order valence-corrected chi connectivity index (χ1v) is 6.93. The molecular weight excluding hydrogens is 286 g/mol. The van der Waals surface area contributed by atoms with Gasteiger partial charge in [0, 0.05) is 6.54 Å². The summed E-state index contributed by atoms with van der Waals surface area (Å²) in [5.41, 5.74) is 0.285. The number of hydrogen-bond donors (Lipinski definition) is 1. The van der Waals surface area contributed by atoms with E-state index in [1.54, 1.807) is 18.2 Å². The third kappa shape index (κ3) is 4.80. The Labute approximate surface area is 130 Å². The predicted molar refractivity (Wildman–Crippen MR) is 82.2 cm³/mol. The van der Waals surface area contributed by atoms with Crippen LogP contribution >= 0.6 is 0 Å². The molecule has 0 aliphatic carbocycles. The average molecular weight is 307 g/mol. The fraction of sp³-hybridized carbons (Fsp3) is 0.375. The third-order valence-electron chi connectivity index (χ3n) is 2.77. The lowest BCUT2D eigenvalue weighted by molar-refractivity contribution is -0.128. The Morgan fingerprint density at radius 1 is 1.36 bits per heavy atom. The van der Waals surface area contributed by atoms with E-state index < -0.39 is 12.1 Å². The molecule has 1 aromatic rings. The van der Waals surface area contributed by atoms with Gasteiger partial charge in [-0.05, 0) is 32.0 Å². The highest BCUT2D eigenvalue weighted by atomic mass is 16.5. The summed E-state index contributed by atoms with van der Waals surface area (Å²) in [6, 6.07) is 4.70. The molecule has 0 aliphatic rings. The average Bonchev–Trinajstić information content (AvgIpc) is 2.52. The molecule has 0 bridgehead atoms. The van der Waals surface area contributed by atoms with Crippen LogP contribution in [0.5, 0.6) is 11.5 Å². The Morgan fingerprint density at radius 2 is 2.09 bits per heavy atom. The van der Waals surface area contributed by atoms with E-state index in [-0.39, 0.29) is 11.5 Å². The van der Waals surface area contributed by atoms with Crippen LogP contribution in [0.2, 0.25) is 0 Å². The number of ether oxygens (including phenoxy) is 3. The Balaban J connectivity index is 2.78. The van der Waals surface area contributed by atoms with Crippen LogP contribution in [-0.2, 0) is 9.53 Å². The lowest BCUT2D eigenvalue weighted by Crippen LogP contribution is -2.35. The summed E-state index contributed by atoms with van der Waals surface area (Å²) >= 11 is 0. The number of esters is 1. The Bertz CT molecular complexity index is 541. The summed E-state index contributed by atoms with van der Waals surface area (Å²) in [6.07, 6.45) is 0.648. The molecule has 0 aliphatic heterocycles. The molecule has 0 fully saturated rings. The standard InChI is InChI=1S/C16H21NO5/c1-5-9-17-15(18)11(3)22-16(19)12-7-8-13(20-4)14(10-12)21-6-2/h5,7-8,10-11H,1,6,9H2,2-4H3,(H,17,18). The zero-order chi connectivity index (χ0) is 16.5. The number of methoxy groups -OCH3 is 1. The fourth-order valence-electron chi connectivity index (χ4n) is 1.67. The van der Waals surface area contributed by atoms with Crippen LogP contribution in [0, 0.1) is 0 Å². The molecule has 6 heteroatoms. The summed E-state index contributed by atoms with van der Waals surface area (Å²) in [6.45, 7) is 7.59. The van der Waals surface area contributed by atoms with Crippen molar-refractivity contribution in [1.29, 1.82) is 0 Å². The van der Waals surface area contributed by atoms with Crippen molar-refractivity contribution in [3.63, 3.8) is 0 Å². The second-order valence-corrected chi connectivity index (χ2v) is 4.38. The van der Waals surface area contributed by atoms with E-state index in [4.69, 9.17) is 14.2 Å². The first kappa shape index (κ1) is 17.6. The largest absolute Gasteiger partial charge is 0.493 e. The molecule has 1 rings (SSSR count). The van der Waals surface area contributed by atoms with Gasteiger partial charge in [0.1, 0.15) is 0 Å². The van der Waals surface area contributed by atoms with Crippen molar-refractivity contribution in [2.24, 2.45) is 0 Å². The molecule has 0 saturated heterocycles. The van der Waals surface area contributed by atoms with Gasteiger partial charge in [-0.2, -0.15) is 0 Å². The zero-order valence-electron chi connectivity index (χ0n) is 13.0. The molecule has 120 valence electrons. The summed E-state index contributed by atoms with van der Waals surface area (Å²) in [4.78, 5) is 23.7. The summed E-state index contributed by atoms with van der Waals surface area (Å²) in [7, 11) is 1.52. The predicted octanol–water partition coefficient (Wildman–Crippen LogP) is 1.94. The molecule has 0 spiro atoms. The minimum absolute atomic E-state index is 0.285. The quantitative estimate of drug-likeness (QED) is 0.587. The van der Waals surface area contributed by atoms with Crippen LogP contribution in [0.15, 0.2) is 30.9 Å². The van der Waals surface area contributed by atoms with Crippen molar-refractivity contribution in [3.05, 3.63) is 36.4 Å². The number of benzene rings is 1. The lowest BCUT2D eigenvalue weighted by Gasteiger charge is -2.14. The fourth-order valence-corrected chi connectivity index (χ4v) is 1.67. The molecule has 0 heterocycles. The number of carbonyl (C=O) groups excluding carboxylic acids is 2. The monoisotopic (exact) mass is 307 g/mol. The van der Waals surface area contributed by atoms with Gasteiger partial charge in [0.25, 0.3) is 5.91 Å². The lowest BCUT2D eigenvalue weighted by atomic mass is 10.2. The van der Waals surface area contributed by atoms with E-state index in [2.05, 4.69) is 11.9 Å². The maximum Gasteiger partial charge on any atom is 0.339 e. The van der Waals surface area contributed by atoms with E-state index in [1.807, 2.05) is 6.92 Å². The molecule has 0 saturated carbocycles. The number of hydrogen-bond acceptors (Lipinski definition) is 5. The molecule has 1 aromatic carbocycles. The molecule has 1 amide bonds. The van der Waals surface area contributed by atoms with Crippen molar-refractivity contribution in [2.75, 3.05) is 20.3 Å². The first-order valence-electron chi connectivity index (χ1n) is 6.93. The Morgan fingerprint density at radius 3 is 2.68 bits per heavy atom. The van der Waals surface area contributed by atoms with Gasteiger partial charge < -0.3 is 19.5 Å². The van der Waals surface area contributed by atoms with Crippen LogP contribution in [0.1, 0.15) is 24.2 Å². The van der Waals surface area contributed by atoms with E-state index in [0.717, 1.165) is 0 Å². The smallest absolute Gasteiger partial charge is 0.339 e. The molecule has 6 nitrogen and oxygen atoms in total. The number of amides is 1. The van der Waals surface area contributed by atoms with Gasteiger partial charge in [0.15, 0.2) is 17.6 Å². The molecule has 0 radical (unpaired) electrons. The van der Waals surface area contributed by atoms with Gasteiger partial charge in [0.2, 0.25) is 0 Å². The van der Waals surface area contributed by atoms with Crippen LogP contribution in [0.3, 0.4) is 0 Å². The summed E-state index contributed by atoms with van der Waals surface area (Å²) in [5.74, 6) is -0.0185. The second-order valence-electron chi connectivity index (χ2n) is 4.38. The molecule has 22 heavy (non-hydrogen) atoms. The molecule has 1 N–H and O–H groups in total. The minimum atomic E-state index is -0.898. The normalized spacial score (nSPS) is 11.2. The van der Waals surface area contributed by atoms with E-state index in [9.17, 15) is 9.59 Å². The van der Waals surface area contributed by atoms with Gasteiger partial charge in [0.05, 0.1) is 19.3 Å². The topological polar surface area (TPSA) is 73.9 Å². The maximum absolute atomic E-state index is 12.1. The van der Waals surface area contributed by atoms with Crippen LogP contribution in [-0.4, -0.2) is 38.2 Å². The minimum Gasteiger partial charge on any atom is -0.493 e. The van der Waals surface area contributed by atoms with E-state index in [1.165, 1.54) is 20.1 Å². The number of carbonyl (C=O) groups is 2. The van der Waals surface area contributed by atoms with E-state index >= 15 is 0 Å². The zero-order valence-corrected chi connectivity index (χ0v) is 13.0. The van der Waals surface area contributed by atoms with Crippen LogP contribution in [0.25, 0.3) is 0 Å². The maximum atomic E-state index is 12.1. The highest BCUT2D eigenvalue weighted by molar-refractivity contribution is 5.92. The van der Waals surface area contributed by atoms with E-state index in [0.29, 0.717) is 24.7 Å². The molecule has 1 atom stereocenters. The second kappa shape index (κ2) is 8.71. The molecular formula is C16H21NO5. The Kier molecular flexibility index (Phi) is 6.95. The first-order chi connectivity index (χ1) is 10.5. The molecule has 1 unspecified atom stereocenters. The van der Waals surface area contributed by atoms with Crippen molar-refractivity contribution in [2.45, 2.75) is 20.0 Å². The van der Waals surface area contributed by atoms with Crippen molar-refractivity contribution in [3.8, 4) is 11.5 Å². The van der Waals surface area contributed by atoms with Gasteiger partial charge >= 0.3 is 5.97 Å². The number of rotatable bonds is 8. The molecule has 0 aromatic heterocycles. The van der Waals surface area contributed by atoms with Crippen molar-refractivity contribution in [1.82, 2.24) is 5.32 Å². The van der Waals surface area contributed by atoms with Gasteiger partial charge in [-0.15, -0.1) is 6.58 Å². The van der Waals surface area contributed by atoms with Crippen LogP contribution in [0.4, 0.5) is 0 Å². The highest BCUT2D eigenvalue weighted by Crippen LogP contribution is 2.28. The summed E-state index contributed by atoms with van der Waals surface area (Å²) < 4.78 is 15.7. The van der Waals surface area contributed by atoms with Crippen LogP contribution < -0.4 is 14.8 Å². The SMILES string of the molecule is C=CCNC(=O)C(C)OC(=O)c1ccc(OC)c(OCC)c1. The number of nitrogens with one attached hydrogen (secondary N) is 1.